The van der Waals surface area contributed by atoms with Crippen LogP contribution in [0.25, 0.3) is 11.2 Å². The smallest absolute Gasteiger partial charge is 0.225 e. The summed E-state index contributed by atoms with van der Waals surface area (Å²) < 4.78 is 1.85. The van der Waals surface area contributed by atoms with E-state index < -0.39 is 0 Å². The zero-order valence-corrected chi connectivity index (χ0v) is 20.9. The van der Waals surface area contributed by atoms with Gasteiger partial charge in [-0.1, -0.05) is 65.1 Å². The first kappa shape index (κ1) is 23.2. The average molecular weight is 517 g/mol. The molecule has 1 fully saturated rings. The van der Waals surface area contributed by atoms with Crippen LogP contribution in [-0.2, 0) is 13.6 Å². The number of hydrogen-bond donors (Lipinski definition) is 2. The highest BCUT2D eigenvalue weighted by Crippen LogP contribution is 2.36. The van der Waals surface area contributed by atoms with Gasteiger partial charge in [0, 0.05) is 31.2 Å². The topological polar surface area (TPSA) is 70.9 Å². The van der Waals surface area contributed by atoms with Crippen molar-refractivity contribution in [3.05, 3.63) is 69.3 Å². The Bertz CT molecular complexity index is 1290. The van der Waals surface area contributed by atoms with Gasteiger partial charge in [0.15, 0.2) is 5.65 Å². The second kappa shape index (κ2) is 9.96. The Morgan fingerprint density at radius 3 is 2.59 bits per heavy atom. The van der Waals surface area contributed by atoms with Crippen LogP contribution in [-0.4, -0.2) is 43.6 Å². The molecule has 0 radical (unpaired) electrons. The van der Waals surface area contributed by atoms with E-state index >= 15 is 0 Å². The lowest BCUT2D eigenvalue weighted by Crippen LogP contribution is -2.41. The standard InChI is InChI=1S/C24H24Cl3N7/c1-33-22-20(30-24(33)31-21-18(26)10-16(25)11-19(21)27)12-28-23(32-22)29-17-8-5-9-34(14-17)13-15-6-3-2-4-7-15/h2-4,6-7,10-12,17H,5,8-9,13-14H2,1H3,(H,30,31)(H,28,29,32)/t17-/m1/s1. The molecule has 1 saturated heterocycles. The van der Waals surface area contributed by atoms with Gasteiger partial charge in [-0.3, -0.25) is 9.47 Å². The summed E-state index contributed by atoms with van der Waals surface area (Å²) in [5, 5.41) is 8.00. The lowest BCUT2D eigenvalue weighted by molar-refractivity contribution is 0.208. The van der Waals surface area contributed by atoms with Gasteiger partial charge in [-0.25, -0.2) is 9.97 Å². The number of rotatable bonds is 6. The molecular weight excluding hydrogens is 493 g/mol. The molecule has 0 spiro atoms. The van der Waals surface area contributed by atoms with Gasteiger partial charge in [0.2, 0.25) is 11.9 Å². The second-order valence-corrected chi connectivity index (χ2v) is 9.72. The summed E-state index contributed by atoms with van der Waals surface area (Å²) in [4.78, 5) is 16.3. The minimum Gasteiger partial charge on any atom is -0.350 e. The van der Waals surface area contributed by atoms with Crippen molar-refractivity contribution in [3.8, 4) is 0 Å². The van der Waals surface area contributed by atoms with Crippen LogP contribution in [0, 0.1) is 0 Å². The van der Waals surface area contributed by atoms with E-state index in [2.05, 4.69) is 55.8 Å². The molecule has 176 valence electrons. The monoisotopic (exact) mass is 515 g/mol. The Balaban J connectivity index is 1.31. The van der Waals surface area contributed by atoms with Crippen LogP contribution in [0.1, 0.15) is 18.4 Å². The Labute approximate surface area is 213 Å². The zero-order valence-electron chi connectivity index (χ0n) is 18.6. The van der Waals surface area contributed by atoms with E-state index in [-0.39, 0.29) is 6.04 Å². The van der Waals surface area contributed by atoms with Gasteiger partial charge in [-0.05, 0) is 37.1 Å². The van der Waals surface area contributed by atoms with Crippen molar-refractivity contribution in [2.24, 2.45) is 7.05 Å². The van der Waals surface area contributed by atoms with Crippen molar-refractivity contribution < 1.29 is 0 Å². The molecule has 1 aliphatic heterocycles. The van der Waals surface area contributed by atoms with E-state index in [1.54, 1.807) is 18.3 Å². The van der Waals surface area contributed by atoms with Gasteiger partial charge in [0.05, 0.1) is 21.9 Å². The molecule has 0 aliphatic carbocycles. The van der Waals surface area contributed by atoms with Crippen LogP contribution in [0.4, 0.5) is 17.6 Å². The maximum absolute atomic E-state index is 6.32. The highest BCUT2D eigenvalue weighted by Gasteiger charge is 2.21. The van der Waals surface area contributed by atoms with E-state index in [4.69, 9.17) is 39.8 Å². The van der Waals surface area contributed by atoms with Gasteiger partial charge in [0.25, 0.3) is 0 Å². The first-order valence-corrected chi connectivity index (χ1v) is 12.2. The molecule has 1 atom stereocenters. The van der Waals surface area contributed by atoms with Crippen molar-refractivity contribution in [2.75, 3.05) is 23.7 Å². The number of benzene rings is 2. The summed E-state index contributed by atoms with van der Waals surface area (Å²) in [5.74, 6) is 1.15. The first-order chi connectivity index (χ1) is 16.5. The predicted molar refractivity (Wildman–Crippen MR) is 139 cm³/mol. The van der Waals surface area contributed by atoms with Gasteiger partial charge < -0.3 is 10.6 Å². The van der Waals surface area contributed by atoms with Gasteiger partial charge in [0.1, 0.15) is 5.52 Å². The molecule has 3 heterocycles. The van der Waals surface area contributed by atoms with Crippen molar-refractivity contribution in [2.45, 2.75) is 25.4 Å². The molecule has 0 bridgehead atoms. The number of aromatic nitrogens is 4. The molecule has 2 aromatic carbocycles. The second-order valence-electron chi connectivity index (χ2n) is 8.47. The molecule has 0 saturated carbocycles. The molecular formula is C24H24Cl3N7. The number of nitrogens with zero attached hydrogens (tertiary/aromatic N) is 5. The van der Waals surface area contributed by atoms with Gasteiger partial charge in [-0.2, -0.15) is 4.98 Å². The highest BCUT2D eigenvalue weighted by molar-refractivity contribution is 6.41. The molecule has 2 aromatic heterocycles. The molecule has 34 heavy (non-hydrogen) atoms. The summed E-state index contributed by atoms with van der Waals surface area (Å²) in [6.07, 6.45) is 3.94. The number of fused-ring (bicyclic) bond motifs is 1. The molecule has 1 aliphatic rings. The van der Waals surface area contributed by atoms with Crippen molar-refractivity contribution in [1.82, 2.24) is 24.4 Å². The van der Waals surface area contributed by atoms with Crippen molar-refractivity contribution >= 4 is 63.6 Å². The van der Waals surface area contributed by atoms with Crippen LogP contribution < -0.4 is 10.6 Å². The third-order valence-corrected chi connectivity index (χ3v) is 6.76. The number of imidazole rings is 1. The van der Waals surface area contributed by atoms with Crippen molar-refractivity contribution in [1.29, 1.82) is 0 Å². The Hall–Kier alpha value is -2.58. The zero-order chi connectivity index (χ0) is 23.7. The quantitative estimate of drug-likeness (QED) is 0.321. The van der Waals surface area contributed by atoms with Crippen LogP contribution >= 0.6 is 34.8 Å². The third-order valence-electron chi connectivity index (χ3n) is 5.94. The van der Waals surface area contributed by atoms with Crippen molar-refractivity contribution in [3.63, 3.8) is 0 Å². The number of halogens is 3. The molecule has 7 nitrogen and oxygen atoms in total. The van der Waals surface area contributed by atoms with Gasteiger partial charge in [-0.15, -0.1) is 0 Å². The lowest BCUT2D eigenvalue weighted by Gasteiger charge is -2.33. The highest BCUT2D eigenvalue weighted by atomic mass is 35.5. The molecule has 5 rings (SSSR count). The van der Waals surface area contributed by atoms with E-state index in [1.807, 2.05) is 11.6 Å². The summed E-state index contributed by atoms with van der Waals surface area (Å²) in [5.41, 5.74) is 3.25. The van der Waals surface area contributed by atoms with Crippen LogP contribution in [0.5, 0.6) is 0 Å². The summed E-state index contributed by atoms with van der Waals surface area (Å²) in [7, 11) is 1.88. The number of anilines is 3. The van der Waals surface area contributed by atoms with Gasteiger partial charge >= 0.3 is 0 Å². The summed E-state index contributed by atoms with van der Waals surface area (Å²) in [6.45, 7) is 2.99. The number of likely N-dealkylation sites (tertiary alicyclic amines) is 1. The lowest BCUT2D eigenvalue weighted by atomic mass is 10.0. The van der Waals surface area contributed by atoms with E-state index in [0.29, 0.717) is 43.8 Å². The fourth-order valence-corrected chi connectivity index (χ4v) is 5.19. The summed E-state index contributed by atoms with van der Waals surface area (Å²) in [6, 6.07) is 14.1. The maximum atomic E-state index is 6.32. The van der Waals surface area contributed by atoms with E-state index in [9.17, 15) is 0 Å². The fraction of sp³-hybridized carbons (Fsp3) is 0.292. The minimum absolute atomic E-state index is 0.285. The SMILES string of the molecule is Cn1c(Nc2c(Cl)cc(Cl)cc2Cl)nc2cnc(N[C@@H]3CCCN(Cc4ccccc4)C3)nc21. The first-order valence-electron chi connectivity index (χ1n) is 11.1. The number of hydrogen-bond acceptors (Lipinski definition) is 6. The van der Waals surface area contributed by atoms with Crippen LogP contribution in [0.15, 0.2) is 48.7 Å². The normalized spacial score (nSPS) is 16.6. The minimum atomic E-state index is 0.285. The van der Waals surface area contributed by atoms with E-state index in [1.165, 1.54) is 5.56 Å². The Kier molecular flexibility index (Phi) is 6.79. The largest absolute Gasteiger partial charge is 0.350 e. The van der Waals surface area contributed by atoms with E-state index in [0.717, 1.165) is 32.5 Å². The van der Waals surface area contributed by atoms with Crippen LogP contribution in [0.2, 0.25) is 15.1 Å². The predicted octanol–water partition coefficient (Wildman–Crippen LogP) is 6.14. The molecule has 10 heteroatoms. The molecule has 0 amide bonds. The Morgan fingerprint density at radius 2 is 1.82 bits per heavy atom. The average Bonchev–Trinajstić information content (AvgIpc) is 3.12. The number of piperidine rings is 1. The van der Waals surface area contributed by atoms with Crippen LogP contribution in [0.3, 0.4) is 0 Å². The number of nitrogens with one attached hydrogen (secondary N) is 2. The molecule has 4 aromatic rings. The Morgan fingerprint density at radius 1 is 1.06 bits per heavy atom. The summed E-state index contributed by atoms with van der Waals surface area (Å²) >= 11 is 18.7. The maximum Gasteiger partial charge on any atom is 0.225 e. The fourth-order valence-electron chi connectivity index (χ4n) is 4.28. The molecule has 2 N–H and O–H groups in total. The number of aryl methyl sites for hydroxylation is 1. The third kappa shape index (κ3) is 5.08. The molecule has 0 unspecified atom stereocenters.